The van der Waals surface area contributed by atoms with Gasteiger partial charge in [0.15, 0.2) is 0 Å². The SMILES string of the molecule is CC(O)(CCNc1nc2ccc(Cl)cc2n1C1CCC1)c1ccccc1. The maximum absolute atomic E-state index is 10.8. The number of benzene rings is 2. The molecule has 1 fully saturated rings. The predicted octanol–water partition coefficient (Wildman–Crippen LogP) is 5.12. The van der Waals surface area contributed by atoms with E-state index in [9.17, 15) is 5.11 Å². The lowest BCUT2D eigenvalue weighted by Gasteiger charge is -2.29. The quantitative estimate of drug-likeness (QED) is 0.633. The lowest BCUT2D eigenvalue weighted by atomic mass is 9.92. The van der Waals surface area contributed by atoms with Crippen molar-refractivity contribution >= 4 is 28.6 Å². The van der Waals surface area contributed by atoms with Crippen molar-refractivity contribution in [2.45, 2.75) is 44.2 Å². The van der Waals surface area contributed by atoms with Gasteiger partial charge in [0.25, 0.3) is 0 Å². The minimum atomic E-state index is -0.870. The van der Waals surface area contributed by atoms with Crippen molar-refractivity contribution in [1.82, 2.24) is 9.55 Å². The molecule has 0 aliphatic heterocycles. The number of aromatic nitrogens is 2. The molecule has 1 saturated carbocycles. The van der Waals surface area contributed by atoms with Crippen LogP contribution in [0.1, 0.15) is 44.2 Å². The summed E-state index contributed by atoms with van der Waals surface area (Å²) >= 11 is 6.20. The van der Waals surface area contributed by atoms with Crippen LogP contribution in [0.4, 0.5) is 5.95 Å². The summed E-state index contributed by atoms with van der Waals surface area (Å²) in [5.41, 5.74) is 2.10. The second-order valence-corrected chi connectivity index (χ2v) is 7.78. The van der Waals surface area contributed by atoms with Crippen LogP contribution in [0.25, 0.3) is 11.0 Å². The Morgan fingerprint density at radius 3 is 2.69 bits per heavy atom. The second-order valence-electron chi connectivity index (χ2n) is 7.34. The highest BCUT2D eigenvalue weighted by Crippen LogP contribution is 2.38. The molecule has 1 aliphatic carbocycles. The molecule has 0 spiro atoms. The largest absolute Gasteiger partial charge is 0.385 e. The summed E-state index contributed by atoms with van der Waals surface area (Å²) in [6.07, 6.45) is 4.21. The molecule has 0 radical (unpaired) electrons. The van der Waals surface area contributed by atoms with Crippen molar-refractivity contribution in [2.75, 3.05) is 11.9 Å². The van der Waals surface area contributed by atoms with E-state index >= 15 is 0 Å². The van der Waals surface area contributed by atoms with Crippen LogP contribution in [0.15, 0.2) is 48.5 Å². The summed E-state index contributed by atoms with van der Waals surface area (Å²) in [5.74, 6) is 0.871. The number of hydrogen-bond donors (Lipinski definition) is 2. The highest BCUT2D eigenvalue weighted by molar-refractivity contribution is 6.31. The lowest BCUT2D eigenvalue weighted by Crippen LogP contribution is -2.26. The van der Waals surface area contributed by atoms with E-state index in [1.807, 2.05) is 55.5 Å². The van der Waals surface area contributed by atoms with E-state index in [-0.39, 0.29) is 0 Å². The molecule has 0 saturated heterocycles. The Bertz CT molecular complexity index is 900. The van der Waals surface area contributed by atoms with Crippen LogP contribution < -0.4 is 5.32 Å². The van der Waals surface area contributed by atoms with E-state index in [0.717, 1.165) is 27.6 Å². The van der Waals surface area contributed by atoms with Gasteiger partial charge in [0.1, 0.15) is 0 Å². The zero-order valence-corrected chi connectivity index (χ0v) is 15.7. The Kier molecular flexibility index (Phi) is 4.63. The number of aliphatic hydroxyl groups is 1. The van der Waals surface area contributed by atoms with Crippen molar-refractivity contribution in [2.24, 2.45) is 0 Å². The summed E-state index contributed by atoms with van der Waals surface area (Å²) in [4.78, 5) is 4.76. The van der Waals surface area contributed by atoms with E-state index in [1.54, 1.807) is 0 Å². The van der Waals surface area contributed by atoms with Gasteiger partial charge in [0, 0.05) is 17.6 Å². The topological polar surface area (TPSA) is 50.1 Å². The zero-order valence-electron chi connectivity index (χ0n) is 15.0. The minimum Gasteiger partial charge on any atom is -0.385 e. The van der Waals surface area contributed by atoms with Crippen molar-refractivity contribution < 1.29 is 5.11 Å². The molecule has 1 unspecified atom stereocenters. The molecule has 3 aromatic rings. The molecule has 1 aromatic heterocycles. The Morgan fingerprint density at radius 2 is 2.00 bits per heavy atom. The molecule has 1 atom stereocenters. The number of anilines is 1. The monoisotopic (exact) mass is 369 g/mol. The van der Waals surface area contributed by atoms with Crippen LogP contribution >= 0.6 is 11.6 Å². The van der Waals surface area contributed by atoms with Gasteiger partial charge in [-0.2, -0.15) is 0 Å². The first-order chi connectivity index (χ1) is 12.5. The van der Waals surface area contributed by atoms with Crippen LogP contribution in [0.2, 0.25) is 5.02 Å². The Balaban J connectivity index is 1.54. The third-order valence-electron chi connectivity index (χ3n) is 5.38. The molecule has 2 N–H and O–H groups in total. The number of hydrogen-bond acceptors (Lipinski definition) is 3. The van der Waals surface area contributed by atoms with Gasteiger partial charge in [-0.05, 0) is 56.4 Å². The van der Waals surface area contributed by atoms with Gasteiger partial charge in [0.05, 0.1) is 16.6 Å². The van der Waals surface area contributed by atoms with E-state index < -0.39 is 5.60 Å². The molecule has 1 aliphatic rings. The Hall–Kier alpha value is -2.04. The van der Waals surface area contributed by atoms with Gasteiger partial charge in [-0.15, -0.1) is 0 Å². The fourth-order valence-electron chi connectivity index (χ4n) is 3.56. The maximum atomic E-state index is 10.8. The van der Waals surface area contributed by atoms with Gasteiger partial charge in [-0.1, -0.05) is 41.9 Å². The van der Waals surface area contributed by atoms with E-state index in [2.05, 4.69) is 9.88 Å². The number of fused-ring (bicyclic) bond motifs is 1. The lowest BCUT2D eigenvalue weighted by molar-refractivity contribution is 0.0514. The maximum Gasteiger partial charge on any atom is 0.204 e. The summed E-state index contributed by atoms with van der Waals surface area (Å²) < 4.78 is 2.28. The standard InChI is InChI=1S/C21H24ClN3O/c1-21(26,15-6-3-2-4-7-15)12-13-23-20-24-18-11-10-16(22)14-19(18)25(20)17-8-5-9-17/h2-4,6-7,10-11,14,17,26H,5,8-9,12-13H2,1H3,(H,23,24). The molecule has 2 aromatic carbocycles. The Morgan fingerprint density at radius 1 is 1.23 bits per heavy atom. The molecule has 26 heavy (non-hydrogen) atoms. The van der Waals surface area contributed by atoms with Crippen LogP contribution in [-0.2, 0) is 5.60 Å². The smallest absolute Gasteiger partial charge is 0.204 e. The van der Waals surface area contributed by atoms with Crippen molar-refractivity contribution in [3.63, 3.8) is 0 Å². The number of nitrogens with one attached hydrogen (secondary N) is 1. The first kappa shape index (κ1) is 17.4. The average Bonchev–Trinajstić information content (AvgIpc) is 2.92. The molecule has 4 rings (SSSR count). The van der Waals surface area contributed by atoms with Gasteiger partial charge >= 0.3 is 0 Å². The highest BCUT2D eigenvalue weighted by Gasteiger charge is 2.26. The summed E-state index contributed by atoms with van der Waals surface area (Å²) in [5, 5.41) is 15.0. The summed E-state index contributed by atoms with van der Waals surface area (Å²) in [7, 11) is 0. The summed E-state index contributed by atoms with van der Waals surface area (Å²) in [6, 6.07) is 16.1. The number of nitrogens with zero attached hydrogens (tertiary/aromatic N) is 2. The highest BCUT2D eigenvalue weighted by atomic mass is 35.5. The van der Waals surface area contributed by atoms with Gasteiger partial charge in [0.2, 0.25) is 5.95 Å². The van der Waals surface area contributed by atoms with E-state index in [1.165, 1.54) is 19.3 Å². The molecule has 0 amide bonds. The molecular formula is C21H24ClN3O. The third kappa shape index (κ3) is 3.31. The van der Waals surface area contributed by atoms with Crippen LogP contribution in [0.3, 0.4) is 0 Å². The van der Waals surface area contributed by atoms with Gasteiger partial charge in [-0.25, -0.2) is 4.98 Å². The fourth-order valence-corrected chi connectivity index (χ4v) is 3.73. The van der Waals surface area contributed by atoms with Crippen molar-refractivity contribution in [3.05, 3.63) is 59.1 Å². The van der Waals surface area contributed by atoms with Crippen LogP contribution in [0, 0.1) is 0 Å². The molecular weight excluding hydrogens is 346 g/mol. The number of imidazole rings is 1. The van der Waals surface area contributed by atoms with Gasteiger partial charge in [-0.3, -0.25) is 0 Å². The first-order valence-corrected chi connectivity index (χ1v) is 9.62. The molecule has 1 heterocycles. The van der Waals surface area contributed by atoms with Crippen LogP contribution in [-0.4, -0.2) is 21.2 Å². The fraction of sp³-hybridized carbons (Fsp3) is 0.381. The van der Waals surface area contributed by atoms with Crippen molar-refractivity contribution in [1.29, 1.82) is 0 Å². The third-order valence-corrected chi connectivity index (χ3v) is 5.62. The normalized spacial score (nSPS) is 17.0. The van der Waals surface area contributed by atoms with E-state index in [0.29, 0.717) is 19.0 Å². The zero-order chi connectivity index (χ0) is 18.1. The summed E-state index contributed by atoms with van der Waals surface area (Å²) in [6.45, 7) is 2.50. The number of rotatable bonds is 6. The average molecular weight is 370 g/mol. The predicted molar refractivity (Wildman–Crippen MR) is 107 cm³/mol. The van der Waals surface area contributed by atoms with Crippen molar-refractivity contribution in [3.8, 4) is 0 Å². The Labute approximate surface area is 158 Å². The number of halogens is 1. The minimum absolute atomic E-state index is 0.482. The second kappa shape index (κ2) is 6.93. The molecule has 136 valence electrons. The first-order valence-electron chi connectivity index (χ1n) is 9.24. The molecule has 0 bridgehead atoms. The van der Waals surface area contributed by atoms with Gasteiger partial charge < -0.3 is 15.0 Å². The van der Waals surface area contributed by atoms with Crippen LogP contribution in [0.5, 0.6) is 0 Å². The molecule has 5 heteroatoms. The van der Waals surface area contributed by atoms with E-state index in [4.69, 9.17) is 16.6 Å². The molecule has 4 nitrogen and oxygen atoms in total.